The van der Waals surface area contributed by atoms with Gasteiger partial charge in [0.25, 0.3) is 0 Å². The van der Waals surface area contributed by atoms with Crippen LogP contribution in [0.3, 0.4) is 0 Å². The Morgan fingerprint density at radius 2 is 2.14 bits per heavy atom. The summed E-state index contributed by atoms with van der Waals surface area (Å²) in [7, 11) is 0. The van der Waals surface area contributed by atoms with E-state index in [0.29, 0.717) is 16.4 Å². The number of rotatable bonds is 3. The minimum atomic E-state index is -0.566. The molecular formula is C16H16N2O3S. The van der Waals surface area contributed by atoms with Crippen molar-refractivity contribution in [3.05, 3.63) is 47.2 Å². The molecule has 22 heavy (non-hydrogen) atoms. The summed E-state index contributed by atoms with van der Waals surface area (Å²) in [5, 5.41) is 15.4. The second kappa shape index (κ2) is 7.59. The Hall–Kier alpha value is -2.36. The SMILES string of the molecule is CC1=C(C(=O)OCC#Cc2ccccc2)C(CO)NC(=S)N1. The fourth-order valence-electron chi connectivity index (χ4n) is 2.04. The quantitative estimate of drug-likeness (QED) is 0.433. The van der Waals surface area contributed by atoms with E-state index in [0.717, 1.165) is 5.56 Å². The van der Waals surface area contributed by atoms with Gasteiger partial charge in [-0.15, -0.1) is 0 Å². The lowest BCUT2D eigenvalue weighted by Crippen LogP contribution is -2.51. The molecule has 6 heteroatoms. The molecule has 1 aromatic carbocycles. The largest absolute Gasteiger partial charge is 0.449 e. The fourth-order valence-corrected chi connectivity index (χ4v) is 2.33. The molecule has 3 N–H and O–H groups in total. The fraction of sp³-hybridized carbons (Fsp3) is 0.250. The summed E-state index contributed by atoms with van der Waals surface area (Å²) >= 11 is 4.98. The van der Waals surface area contributed by atoms with Gasteiger partial charge in [-0.2, -0.15) is 0 Å². The van der Waals surface area contributed by atoms with E-state index in [4.69, 9.17) is 17.0 Å². The van der Waals surface area contributed by atoms with Crippen molar-refractivity contribution in [3.63, 3.8) is 0 Å². The molecule has 1 heterocycles. The van der Waals surface area contributed by atoms with E-state index in [1.165, 1.54) is 0 Å². The predicted molar refractivity (Wildman–Crippen MR) is 86.7 cm³/mol. The van der Waals surface area contributed by atoms with Crippen LogP contribution in [-0.2, 0) is 9.53 Å². The average Bonchev–Trinajstić information content (AvgIpc) is 2.51. The number of allylic oxidation sites excluding steroid dienone is 1. The Morgan fingerprint density at radius 1 is 1.41 bits per heavy atom. The molecule has 0 aliphatic carbocycles. The van der Waals surface area contributed by atoms with Gasteiger partial charge < -0.3 is 20.5 Å². The Balaban J connectivity index is 1.98. The lowest BCUT2D eigenvalue weighted by atomic mass is 10.0. The maximum absolute atomic E-state index is 12.1. The maximum Gasteiger partial charge on any atom is 0.338 e. The highest BCUT2D eigenvalue weighted by molar-refractivity contribution is 7.80. The smallest absolute Gasteiger partial charge is 0.338 e. The van der Waals surface area contributed by atoms with Crippen LogP contribution in [0.1, 0.15) is 12.5 Å². The number of esters is 1. The van der Waals surface area contributed by atoms with Crippen molar-refractivity contribution in [2.75, 3.05) is 13.2 Å². The van der Waals surface area contributed by atoms with Gasteiger partial charge in [0.15, 0.2) is 11.7 Å². The van der Waals surface area contributed by atoms with E-state index >= 15 is 0 Å². The highest BCUT2D eigenvalue weighted by Crippen LogP contribution is 2.13. The number of aliphatic hydroxyl groups is 1. The Morgan fingerprint density at radius 3 is 2.82 bits per heavy atom. The Bertz CT molecular complexity index is 659. The topological polar surface area (TPSA) is 70.6 Å². The van der Waals surface area contributed by atoms with Crippen molar-refractivity contribution in [2.45, 2.75) is 13.0 Å². The number of benzene rings is 1. The van der Waals surface area contributed by atoms with Gasteiger partial charge in [-0.05, 0) is 31.3 Å². The van der Waals surface area contributed by atoms with E-state index in [2.05, 4.69) is 22.5 Å². The van der Waals surface area contributed by atoms with Gasteiger partial charge >= 0.3 is 5.97 Å². The molecule has 1 atom stereocenters. The van der Waals surface area contributed by atoms with E-state index < -0.39 is 12.0 Å². The predicted octanol–water partition coefficient (Wildman–Crippen LogP) is 0.694. The second-order valence-electron chi connectivity index (χ2n) is 4.62. The van der Waals surface area contributed by atoms with Gasteiger partial charge in [-0.25, -0.2) is 4.79 Å². The molecular weight excluding hydrogens is 300 g/mol. The lowest BCUT2D eigenvalue weighted by Gasteiger charge is -2.27. The average molecular weight is 316 g/mol. The first-order valence-electron chi connectivity index (χ1n) is 6.72. The summed E-state index contributed by atoms with van der Waals surface area (Å²) in [6.45, 7) is 1.44. The standard InChI is InChI=1S/C16H16N2O3S/c1-11-14(13(10-19)18-16(22)17-11)15(20)21-9-5-8-12-6-3-2-4-7-12/h2-4,6-7,13,19H,9-10H2,1H3,(H2,17,18,22). The van der Waals surface area contributed by atoms with Crippen molar-refractivity contribution in [3.8, 4) is 11.8 Å². The lowest BCUT2D eigenvalue weighted by molar-refractivity contribution is -0.138. The summed E-state index contributed by atoms with van der Waals surface area (Å²) in [4.78, 5) is 12.1. The van der Waals surface area contributed by atoms with Gasteiger partial charge in [0.05, 0.1) is 18.2 Å². The second-order valence-corrected chi connectivity index (χ2v) is 5.02. The minimum Gasteiger partial charge on any atom is -0.449 e. The van der Waals surface area contributed by atoms with Crippen LogP contribution < -0.4 is 10.6 Å². The number of nitrogens with one attached hydrogen (secondary N) is 2. The van der Waals surface area contributed by atoms with Crippen molar-refractivity contribution in [1.82, 2.24) is 10.6 Å². The summed E-state index contributed by atoms with van der Waals surface area (Å²) < 4.78 is 5.14. The molecule has 1 aromatic rings. The molecule has 1 unspecified atom stereocenters. The molecule has 1 aliphatic rings. The summed E-state index contributed by atoms with van der Waals surface area (Å²) in [5.74, 6) is 5.16. The van der Waals surface area contributed by atoms with Crippen LogP contribution in [-0.4, -0.2) is 35.4 Å². The van der Waals surface area contributed by atoms with Crippen LogP contribution in [0.4, 0.5) is 0 Å². The number of ether oxygens (including phenoxy) is 1. The molecule has 0 aromatic heterocycles. The molecule has 0 bridgehead atoms. The molecule has 0 saturated heterocycles. The monoisotopic (exact) mass is 316 g/mol. The van der Waals surface area contributed by atoms with E-state index in [-0.39, 0.29) is 13.2 Å². The zero-order valence-electron chi connectivity index (χ0n) is 12.1. The van der Waals surface area contributed by atoms with E-state index in [1.54, 1.807) is 6.92 Å². The molecule has 0 radical (unpaired) electrons. The Labute approximate surface area is 134 Å². The molecule has 2 rings (SSSR count). The van der Waals surface area contributed by atoms with Gasteiger partial charge in [0, 0.05) is 11.3 Å². The third kappa shape index (κ3) is 4.07. The highest BCUT2D eigenvalue weighted by Gasteiger charge is 2.28. The van der Waals surface area contributed by atoms with Crippen molar-refractivity contribution >= 4 is 23.3 Å². The van der Waals surface area contributed by atoms with Crippen LogP contribution in [0.15, 0.2) is 41.6 Å². The number of aliphatic hydroxyl groups excluding tert-OH is 1. The van der Waals surface area contributed by atoms with E-state index in [9.17, 15) is 9.90 Å². The number of thiocarbonyl (C=S) groups is 1. The van der Waals surface area contributed by atoms with Gasteiger partial charge in [-0.1, -0.05) is 30.0 Å². The molecule has 1 aliphatic heterocycles. The zero-order valence-corrected chi connectivity index (χ0v) is 12.9. The summed E-state index contributed by atoms with van der Waals surface area (Å²) in [6, 6.07) is 8.86. The first kappa shape index (κ1) is 16.0. The number of carbonyl (C=O) groups is 1. The molecule has 5 nitrogen and oxygen atoms in total. The van der Waals surface area contributed by atoms with Crippen LogP contribution in [0.5, 0.6) is 0 Å². The first-order valence-corrected chi connectivity index (χ1v) is 7.13. The zero-order chi connectivity index (χ0) is 15.9. The third-order valence-electron chi connectivity index (χ3n) is 3.04. The summed E-state index contributed by atoms with van der Waals surface area (Å²) in [5.41, 5.74) is 1.76. The van der Waals surface area contributed by atoms with Crippen LogP contribution in [0.2, 0.25) is 0 Å². The Kier molecular flexibility index (Phi) is 5.53. The first-order chi connectivity index (χ1) is 10.6. The van der Waals surface area contributed by atoms with Crippen molar-refractivity contribution in [1.29, 1.82) is 0 Å². The van der Waals surface area contributed by atoms with Crippen LogP contribution >= 0.6 is 12.2 Å². The number of carbonyl (C=O) groups excluding carboxylic acids is 1. The number of hydrogen-bond acceptors (Lipinski definition) is 4. The third-order valence-corrected chi connectivity index (χ3v) is 3.26. The normalized spacial score (nSPS) is 17.0. The van der Waals surface area contributed by atoms with Crippen molar-refractivity contribution < 1.29 is 14.6 Å². The minimum absolute atomic E-state index is 0.0207. The molecule has 0 amide bonds. The van der Waals surface area contributed by atoms with Crippen molar-refractivity contribution in [2.24, 2.45) is 0 Å². The summed E-state index contributed by atoms with van der Waals surface area (Å²) in [6.07, 6.45) is 0. The maximum atomic E-state index is 12.1. The molecule has 114 valence electrons. The van der Waals surface area contributed by atoms with E-state index in [1.807, 2.05) is 30.3 Å². The van der Waals surface area contributed by atoms with Crippen LogP contribution in [0.25, 0.3) is 0 Å². The van der Waals surface area contributed by atoms with Gasteiger partial charge in [0.2, 0.25) is 0 Å². The molecule has 0 spiro atoms. The highest BCUT2D eigenvalue weighted by atomic mass is 32.1. The molecule has 0 saturated carbocycles. The molecule has 0 fully saturated rings. The van der Waals surface area contributed by atoms with Crippen LogP contribution in [0, 0.1) is 11.8 Å². The van der Waals surface area contributed by atoms with Gasteiger partial charge in [-0.3, -0.25) is 0 Å². The number of hydrogen-bond donors (Lipinski definition) is 3. The van der Waals surface area contributed by atoms with Gasteiger partial charge in [0.1, 0.15) is 0 Å².